The molecule has 0 aliphatic carbocycles. The second-order valence-electron chi connectivity index (χ2n) is 4.20. The van der Waals surface area contributed by atoms with E-state index in [-0.39, 0.29) is 11.5 Å². The molecule has 3 nitrogen and oxygen atoms in total. The van der Waals surface area contributed by atoms with Crippen molar-refractivity contribution < 1.29 is 13.5 Å². The molecule has 2 heterocycles. The quantitative estimate of drug-likeness (QED) is 0.872. The lowest BCUT2D eigenvalue weighted by Crippen LogP contribution is -2.30. The minimum atomic E-state index is -2.99. The third-order valence-corrected chi connectivity index (χ3v) is 5.36. The maximum Gasteiger partial charge on any atom is 0.153 e. The molecule has 1 unspecified atom stereocenters. The molecule has 0 radical (unpaired) electrons. The largest absolute Gasteiger partial charge is 0.389 e. The van der Waals surface area contributed by atoms with Gasteiger partial charge in [0.15, 0.2) is 9.84 Å². The topological polar surface area (TPSA) is 54.4 Å². The van der Waals surface area contributed by atoms with Crippen molar-refractivity contribution in [2.75, 3.05) is 11.5 Å². The van der Waals surface area contributed by atoms with Gasteiger partial charge in [-0.25, -0.2) is 8.42 Å². The SMILES string of the molecule is O=S1(=O)CCC(O)(CCc2ccsc2)C1. The summed E-state index contributed by atoms with van der Waals surface area (Å²) in [5, 5.41) is 14.1. The smallest absolute Gasteiger partial charge is 0.153 e. The summed E-state index contributed by atoms with van der Waals surface area (Å²) in [6.07, 6.45) is 1.69. The van der Waals surface area contributed by atoms with Gasteiger partial charge in [0, 0.05) is 0 Å². The molecule has 0 spiro atoms. The van der Waals surface area contributed by atoms with E-state index in [1.54, 1.807) is 11.3 Å². The van der Waals surface area contributed by atoms with Crippen molar-refractivity contribution in [3.05, 3.63) is 22.4 Å². The van der Waals surface area contributed by atoms with Gasteiger partial charge in [-0.2, -0.15) is 11.3 Å². The van der Waals surface area contributed by atoms with E-state index in [1.165, 1.54) is 5.56 Å². The van der Waals surface area contributed by atoms with Crippen LogP contribution in [0.5, 0.6) is 0 Å². The molecule has 1 aromatic rings. The summed E-state index contributed by atoms with van der Waals surface area (Å²) in [4.78, 5) is 0. The van der Waals surface area contributed by atoms with Crippen LogP contribution in [0.3, 0.4) is 0 Å². The van der Waals surface area contributed by atoms with E-state index < -0.39 is 15.4 Å². The Morgan fingerprint density at radius 3 is 2.87 bits per heavy atom. The number of thiophene rings is 1. The first-order valence-electron chi connectivity index (χ1n) is 4.93. The summed E-state index contributed by atoms with van der Waals surface area (Å²) in [6, 6.07) is 2.01. The van der Waals surface area contributed by atoms with Gasteiger partial charge in [0.2, 0.25) is 0 Å². The molecule has 1 aromatic heterocycles. The Bertz CT molecular complexity index is 422. The van der Waals surface area contributed by atoms with Crippen LogP contribution in [0.1, 0.15) is 18.4 Å². The van der Waals surface area contributed by atoms with Crippen LogP contribution < -0.4 is 0 Å². The maximum atomic E-state index is 11.2. The zero-order chi connectivity index (χ0) is 10.9. The predicted octanol–water partition coefficient (Wildman–Crippen LogP) is 1.23. The van der Waals surface area contributed by atoms with Crippen LogP contribution in [0.25, 0.3) is 0 Å². The van der Waals surface area contributed by atoms with Crippen molar-refractivity contribution in [2.24, 2.45) is 0 Å². The van der Waals surface area contributed by atoms with Crippen molar-refractivity contribution in [1.82, 2.24) is 0 Å². The zero-order valence-corrected chi connectivity index (χ0v) is 9.98. The van der Waals surface area contributed by atoms with E-state index in [4.69, 9.17) is 0 Å². The third kappa shape index (κ3) is 2.80. The number of aliphatic hydroxyl groups is 1. The van der Waals surface area contributed by atoms with Gasteiger partial charge >= 0.3 is 0 Å². The predicted molar refractivity (Wildman–Crippen MR) is 60.9 cm³/mol. The molecule has 0 aromatic carbocycles. The molecule has 84 valence electrons. The van der Waals surface area contributed by atoms with Gasteiger partial charge in [0.25, 0.3) is 0 Å². The lowest BCUT2D eigenvalue weighted by atomic mass is 9.95. The first kappa shape index (κ1) is 11.1. The second-order valence-corrected chi connectivity index (χ2v) is 7.16. The van der Waals surface area contributed by atoms with Crippen LogP contribution in [-0.4, -0.2) is 30.6 Å². The zero-order valence-electron chi connectivity index (χ0n) is 8.35. The fourth-order valence-corrected chi connectivity index (χ4v) is 4.55. The number of hydrogen-bond donors (Lipinski definition) is 1. The maximum absolute atomic E-state index is 11.2. The molecular formula is C10H14O3S2. The van der Waals surface area contributed by atoms with Crippen molar-refractivity contribution in [3.8, 4) is 0 Å². The molecule has 0 bridgehead atoms. The Morgan fingerprint density at radius 2 is 2.33 bits per heavy atom. The molecule has 1 fully saturated rings. The fraction of sp³-hybridized carbons (Fsp3) is 0.600. The normalized spacial score (nSPS) is 29.4. The number of aryl methyl sites for hydroxylation is 1. The highest BCUT2D eigenvalue weighted by atomic mass is 32.2. The molecule has 1 aliphatic rings. The second kappa shape index (κ2) is 3.88. The minimum absolute atomic E-state index is 0.0653. The summed E-state index contributed by atoms with van der Waals surface area (Å²) < 4.78 is 22.5. The first-order valence-corrected chi connectivity index (χ1v) is 7.69. The number of rotatable bonds is 3. The van der Waals surface area contributed by atoms with Crippen LogP contribution in [-0.2, 0) is 16.3 Å². The fourth-order valence-electron chi connectivity index (χ4n) is 1.91. The summed E-state index contributed by atoms with van der Waals surface area (Å²) in [5.41, 5.74) is 0.193. The van der Waals surface area contributed by atoms with Crippen LogP contribution in [0.4, 0.5) is 0 Å². The van der Waals surface area contributed by atoms with E-state index in [9.17, 15) is 13.5 Å². The molecule has 1 N–H and O–H groups in total. The Morgan fingerprint density at radius 1 is 1.53 bits per heavy atom. The highest BCUT2D eigenvalue weighted by Gasteiger charge is 2.39. The van der Waals surface area contributed by atoms with Gasteiger partial charge in [-0.3, -0.25) is 0 Å². The average molecular weight is 246 g/mol. The van der Waals surface area contributed by atoms with Crippen LogP contribution >= 0.6 is 11.3 Å². The molecule has 2 rings (SSSR count). The van der Waals surface area contributed by atoms with E-state index in [0.717, 1.165) is 6.42 Å². The molecule has 1 aliphatic heterocycles. The van der Waals surface area contributed by atoms with Crippen molar-refractivity contribution in [1.29, 1.82) is 0 Å². The van der Waals surface area contributed by atoms with E-state index in [2.05, 4.69) is 0 Å². The Hall–Kier alpha value is -0.390. The first-order chi connectivity index (χ1) is 6.99. The number of hydrogen-bond acceptors (Lipinski definition) is 4. The van der Waals surface area contributed by atoms with E-state index >= 15 is 0 Å². The molecule has 1 atom stereocenters. The third-order valence-electron chi connectivity index (χ3n) is 2.83. The number of sulfone groups is 1. The van der Waals surface area contributed by atoms with Crippen LogP contribution in [0.2, 0.25) is 0 Å². The summed E-state index contributed by atoms with van der Waals surface area (Å²) in [5.74, 6) is 0.0667. The Kier molecular flexibility index (Phi) is 2.87. The lowest BCUT2D eigenvalue weighted by molar-refractivity contribution is 0.0589. The van der Waals surface area contributed by atoms with Gasteiger partial charge in [-0.1, -0.05) is 0 Å². The van der Waals surface area contributed by atoms with Gasteiger partial charge in [0.05, 0.1) is 17.1 Å². The Balaban J connectivity index is 1.95. The summed E-state index contributed by atoms with van der Waals surface area (Å²) >= 11 is 1.62. The van der Waals surface area contributed by atoms with Gasteiger partial charge < -0.3 is 5.11 Å². The van der Waals surface area contributed by atoms with E-state index in [1.807, 2.05) is 16.8 Å². The van der Waals surface area contributed by atoms with Gasteiger partial charge in [0.1, 0.15) is 0 Å². The average Bonchev–Trinajstić information content (AvgIpc) is 2.71. The minimum Gasteiger partial charge on any atom is -0.389 e. The van der Waals surface area contributed by atoms with E-state index in [0.29, 0.717) is 12.8 Å². The lowest BCUT2D eigenvalue weighted by Gasteiger charge is -2.19. The molecular weight excluding hydrogens is 232 g/mol. The molecule has 0 amide bonds. The summed E-state index contributed by atoms with van der Waals surface area (Å²) in [7, 11) is -2.99. The molecule has 15 heavy (non-hydrogen) atoms. The Labute approximate surface area is 93.7 Å². The monoisotopic (exact) mass is 246 g/mol. The highest BCUT2D eigenvalue weighted by Crippen LogP contribution is 2.28. The van der Waals surface area contributed by atoms with Crippen LogP contribution in [0, 0.1) is 0 Å². The van der Waals surface area contributed by atoms with Crippen LogP contribution in [0.15, 0.2) is 16.8 Å². The van der Waals surface area contributed by atoms with Gasteiger partial charge in [-0.05, 0) is 41.7 Å². The highest BCUT2D eigenvalue weighted by molar-refractivity contribution is 7.91. The van der Waals surface area contributed by atoms with Crippen molar-refractivity contribution >= 4 is 21.2 Å². The van der Waals surface area contributed by atoms with Gasteiger partial charge in [-0.15, -0.1) is 0 Å². The molecule has 5 heteroatoms. The summed E-state index contributed by atoms with van der Waals surface area (Å²) in [6.45, 7) is 0. The van der Waals surface area contributed by atoms with Crippen molar-refractivity contribution in [2.45, 2.75) is 24.9 Å². The molecule has 1 saturated heterocycles. The standard InChI is InChI=1S/C10H14O3S2/c11-10(4-6-15(12,13)8-10)3-1-9-2-5-14-7-9/h2,5,7,11H,1,3-4,6,8H2. The molecule has 0 saturated carbocycles. The van der Waals surface area contributed by atoms with Crippen molar-refractivity contribution in [3.63, 3.8) is 0 Å².